The van der Waals surface area contributed by atoms with Crippen LogP contribution in [0.4, 0.5) is 0 Å². The molecule has 0 rings (SSSR count). The summed E-state index contributed by atoms with van der Waals surface area (Å²) in [6, 6.07) is 0.0949. The fourth-order valence-electron chi connectivity index (χ4n) is 0.859. The molecule has 0 saturated carbocycles. The number of carboxylic acid groups (broad SMARTS) is 1. The highest BCUT2D eigenvalue weighted by Gasteiger charge is 2.13. The fraction of sp³-hybridized carbons (Fsp3) is 0.857. The lowest BCUT2D eigenvalue weighted by molar-refractivity contribution is -0.137. The quantitative estimate of drug-likeness (QED) is 0.684. The molecule has 0 aromatic carbocycles. The molecule has 0 saturated heterocycles. The first-order chi connectivity index (χ1) is 4.57. The van der Waals surface area contributed by atoms with Crippen molar-refractivity contribution < 1.29 is 9.90 Å². The molecule has 68 valence electrons. The van der Waals surface area contributed by atoms with Crippen LogP contribution in [0.5, 0.6) is 0 Å². The van der Waals surface area contributed by atoms with E-state index in [4.69, 9.17) is 5.11 Å². The van der Waals surface area contributed by atoms with Gasteiger partial charge in [0.15, 0.2) is 0 Å². The second kappa shape index (κ2) is 6.43. The van der Waals surface area contributed by atoms with Crippen LogP contribution in [0.2, 0.25) is 0 Å². The van der Waals surface area contributed by atoms with E-state index >= 15 is 0 Å². The third-order valence-electron chi connectivity index (χ3n) is 1.57. The van der Waals surface area contributed by atoms with Crippen molar-refractivity contribution in [2.24, 2.45) is 5.92 Å². The minimum absolute atomic E-state index is 0. The smallest absolute Gasteiger partial charge is 0.304 e. The Bertz CT molecular complexity index is 117. The zero-order valence-electron chi connectivity index (χ0n) is 7.13. The molecule has 1 atom stereocenters. The SMILES string of the molecule is CN[C@@H](CC(=O)O)C(C)C.Cl. The molecule has 0 amide bonds. The van der Waals surface area contributed by atoms with Crippen molar-refractivity contribution in [3.8, 4) is 0 Å². The molecule has 0 fully saturated rings. The summed E-state index contributed by atoms with van der Waals surface area (Å²) < 4.78 is 0. The van der Waals surface area contributed by atoms with Crippen LogP contribution in [0.1, 0.15) is 20.3 Å². The van der Waals surface area contributed by atoms with Gasteiger partial charge >= 0.3 is 5.97 Å². The number of nitrogens with one attached hydrogen (secondary N) is 1. The molecular weight excluding hydrogens is 166 g/mol. The van der Waals surface area contributed by atoms with Crippen LogP contribution in [-0.4, -0.2) is 24.2 Å². The highest BCUT2D eigenvalue weighted by Crippen LogP contribution is 2.04. The van der Waals surface area contributed by atoms with Crippen LogP contribution >= 0.6 is 12.4 Å². The van der Waals surface area contributed by atoms with E-state index in [0.29, 0.717) is 5.92 Å². The van der Waals surface area contributed by atoms with Crippen molar-refractivity contribution in [3.63, 3.8) is 0 Å². The van der Waals surface area contributed by atoms with Crippen LogP contribution in [0.25, 0.3) is 0 Å². The van der Waals surface area contributed by atoms with Crippen LogP contribution in [0.15, 0.2) is 0 Å². The van der Waals surface area contributed by atoms with E-state index in [-0.39, 0.29) is 24.9 Å². The molecule has 0 heterocycles. The lowest BCUT2D eigenvalue weighted by Gasteiger charge is -2.17. The van der Waals surface area contributed by atoms with E-state index < -0.39 is 5.97 Å². The highest BCUT2D eigenvalue weighted by atomic mass is 35.5. The number of carboxylic acids is 1. The summed E-state index contributed by atoms with van der Waals surface area (Å²) in [5, 5.41) is 11.4. The zero-order chi connectivity index (χ0) is 8.15. The van der Waals surface area contributed by atoms with E-state index in [9.17, 15) is 4.79 Å². The Kier molecular flexibility index (Phi) is 7.79. The molecule has 0 unspecified atom stereocenters. The van der Waals surface area contributed by atoms with Crippen molar-refractivity contribution in [3.05, 3.63) is 0 Å². The Morgan fingerprint density at radius 1 is 1.55 bits per heavy atom. The topological polar surface area (TPSA) is 49.3 Å². The van der Waals surface area contributed by atoms with Gasteiger partial charge in [-0.05, 0) is 13.0 Å². The molecule has 11 heavy (non-hydrogen) atoms. The third kappa shape index (κ3) is 6.13. The Balaban J connectivity index is 0. The molecule has 0 aromatic heterocycles. The summed E-state index contributed by atoms with van der Waals surface area (Å²) in [6.07, 6.45) is 0.203. The summed E-state index contributed by atoms with van der Waals surface area (Å²) in [4.78, 5) is 10.2. The van der Waals surface area contributed by atoms with Gasteiger partial charge in [-0.1, -0.05) is 13.8 Å². The highest BCUT2D eigenvalue weighted by molar-refractivity contribution is 5.85. The van der Waals surface area contributed by atoms with Crippen LogP contribution in [-0.2, 0) is 4.79 Å². The van der Waals surface area contributed by atoms with E-state index in [1.807, 2.05) is 13.8 Å². The normalized spacial score (nSPS) is 12.4. The van der Waals surface area contributed by atoms with Crippen LogP contribution < -0.4 is 5.32 Å². The summed E-state index contributed by atoms with van der Waals surface area (Å²) >= 11 is 0. The predicted molar refractivity (Wildman–Crippen MR) is 47.2 cm³/mol. The standard InChI is InChI=1S/C7H15NO2.ClH/c1-5(2)6(8-3)4-7(9)10;/h5-6,8H,4H2,1-3H3,(H,9,10);1H/t6-;/m0./s1. The van der Waals surface area contributed by atoms with Crippen molar-refractivity contribution in [1.82, 2.24) is 5.32 Å². The first-order valence-corrected chi connectivity index (χ1v) is 3.47. The number of carbonyl (C=O) groups is 1. The van der Waals surface area contributed by atoms with Gasteiger partial charge in [0.25, 0.3) is 0 Å². The second-order valence-electron chi connectivity index (χ2n) is 2.74. The van der Waals surface area contributed by atoms with Gasteiger partial charge in [0.05, 0.1) is 6.42 Å². The fourth-order valence-corrected chi connectivity index (χ4v) is 0.859. The zero-order valence-corrected chi connectivity index (χ0v) is 7.94. The number of rotatable bonds is 4. The molecule has 0 aliphatic heterocycles. The van der Waals surface area contributed by atoms with Gasteiger partial charge in [-0.3, -0.25) is 4.79 Å². The van der Waals surface area contributed by atoms with E-state index in [0.717, 1.165) is 0 Å². The van der Waals surface area contributed by atoms with Gasteiger partial charge < -0.3 is 10.4 Å². The van der Waals surface area contributed by atoms with Crippen molar-refractivity contribution in [2.45, 2.75) is 26.3 Å². The minimum Gasteiger partial charge on any atom is -0.481 e. The Morgan fingerprint density at radius 3 is 2.09 bits per heavy atom. The van der Waals surface area contributed by atoms with Gasteiger partial charge in [-0.2, -0.15) is 0 Å². The van der Waals surface area contributed by atoms with Crippen molar-refractivity contribution >= 4 is 18.4 Å². The Labute approximate surface area is 73.6 Å². The maximum Gasteiger partial charge on any atom is 0.304 e. The predicted octanol–water partition coefficient (Wildman–Crippen LogP) is 1.13. The summed E-state index contributed by atoms with van der Waals surface area (Å²) in [6.45, 7) is 4.01. The maximum absolute atomic E-state index is 10.2. The Morgan fingerprint density at radius 2 is 2.00 bits per heavy atom. The number of hydrogen-bond acceptors (Lipinski definition) is 2. The summed E-state index contributed by atoms with van der Waals surface area (Å²) in [7, 11) is 1.79. The Hall–Kier alpha value is -0.280. The minimum atomic E-state index is -0.743. The molecular formula is C7H16ClNO2. The van der Waals surface area contributed by atoms with Crippen molar-refractivity contribution in [2.75, 3.05) is 7.05 Å². The molecule has 0 bridgehead atoms. The molecule has 3 nitrogen and oxygen atoms in total. The first-order valence-electron chi connectivity index (χ1n) is 3.47. The lowest BCUT2D eigenvalue weighted by Crippen LogP contribution is -2.32. The molecule has 0 aliphatic rings. The largest absolute Gasteiger partial charge is 0.481 e. The molecule has 2 N–H and O–H groups in total. The number of hydrogen-bond donors (Lipinski definition) is 2. The van der Waals surface area contributed by atoms with E-state index in [1.165, 1.54) is 0 Å². The van der Waals surface area contributed by atoms with Crippen LogP contribution in [0, 0.1) is 5.92 Å². The molecule has 0 radical (unpaired) electrons. The van der Waals surface area contributed by atoms with Gasteiger partial charge in [-0.25, -0.2) is 0 Å². The molecule has 0 aliphatic carbocycles. The molecule has 0 spiro atoms. The average Bonchev–Trinajstić information content (AvgIpc) is 1.81. The first kappa shape index (κ1) is 13.3. The maximum atomic E-state index is 10.2. The monoisotopic (exact) mass is 181 g/mol. The van der Waals surface area contributed by atoms with E-state index in [1.54, 1.807) is 7.05 Å². The average molecular weight is 182 g/mol. The number of halogens is 1. The van der Waals surface area contributed by atoms with Crippen LogP contribution in [0.3, 0.4) is 0 Å². The van der Waals surface area contributed by atoms with E-state index in [2.05, 4.69) is 5.32 Å². The molecule has 0 aromatic rings. The second-order valence-corrected chi connectivity index (χ2v) is 2.74. The number of aliphatic carboxylic acids is 1. The van der Waals surface area contributed by atoms with Gasteiger partial charge in [0.2, 0.25) is 0 Å². The van der Waals surface area contributed by atoms with Gasteiger partial charge in [0.1, 0.15) is 0 Å². The van der Waals surface area contributed by atoms with Crippen molar-refractivity contribution in [1.29, 1.82) is 0 Å². The van der Waals surface area contributed by atoms with Gasteiger partial charge in [-0.15, -0.1) is 12.4 Å². The molecule has 4 heteroatoms. The third-order valence-corrected chi connectivity index (χ3v) is 1.57. The lowest BCUT2D eigenvalue weighted by atomic mass is 10.0. The van der Waals surface area contributed by atoms with Gasteiger partial charge in [0, 0.05) is 6.04 Å². The summed E-state index contributed by atoms with van der Waals surface area (Å²) in [5.74, 6) is -0.367. The summed E-state index contributed by atoms with van der Waals surface area (Å²) in [5.41, 5.74) is 0.